The number of nitrogens with one attached hydrogen (secondary N) is 1. The number of ether oxygens (including phenoxy) is 2. The van der Waals surface area contributed by atoms with Gasteiger partial charge >= 0.3 is 18.1 Å². The van der Waals surface area contributed by atoms with Crippen molar-refractivity contribution >= 4 is 46.7 Å². The summed E-state index contributed by atoms with van der Waals surface area (Å²) in [6, 6.07) is 8.56. The van der Waals surface area contributed by atoms with Gasteiger partial charge in [0.15, 0.2) is 6.61 Å². The van der Waals surface area contributed by atoms with E-state index in [2.05, 4.69) is 5.32 Å². The summed E-state index contributed by atoms with van der Waals surface area (Å²) in [5.41, 5.74) is -0.493. The molecule has 0 saturated carbocycles. The summed E-state index contributed by atoms with van der Waals surface area (Å²) in [7, 11) is 0. The lowest BCUT2D eigenvalue weighted by molar-refractivity contribution is -0.151. The number of alkyl halides is 3. The molecule has 0 aliphatic carbocycles. The number of hydrogen-bond donors (Lipinski definition) is 1. The predicted molar refractivity (Wildman–Crippen MR) is 124 cm³/mol. The number of carbonyl (C=O) groups excluding carboxylic acids is 4. The Morgan fingerprint density at radius 3 is 2.44 bits per heavy atom. The summed E-state index contributed by atoms with van der Waals surface area (Å²) in [4.78, 5) is 50.2. The van der Waals surface area contributed by atoms with Gasteiger partial charge in [-0.3, -0.25) is 14.4 Å². The van der Waals surface area contributed by atoms with E-state index in [-0.39, 0.29) is 29.6 Å². The molecule has 0 bridgehead atoms. The smallest absolute Gasteiger partial charge is 0.416 e. The highest BCUT2D eigenvalue weighted by molar-refractivity contribution is 6.33. The Kier molecular flexibility index (Phi) is 8.57. The molecule has 0 unspecified atom stereocenters. The Bertz CT molecular complexity index is 1150. The molecule has 1 aliphatic heterocycles. The molecule has 2 aromatic rings. The van der Waals surface area contributed by atoms with Crippen molar-refractivity contribution in [3.8, 4) is 0 Å². The first kappa shape index (κ1) is 27.0. The highest BCUT2D eigenvalue weighted by Gasteiger charge is 2.36. The number of hydrogen-bond acceptors (Lipinski definition) is 6. The molecule has 0 aromatic heterocycles. The molecule has 0 radical (unpaired) electrons. The van der Waals surface area contributed by atoms with E-state index in [0.29, 0.717) is 30.3 Å². The third-order valence-corrected chi connectivity index (χ3v) is 5.55. The zero-order valence-corrected chi connectivity index (χ0v) is 19.8. The average molecular weight is 527 g/mol. The van der Waals surface area contributed by atoms with Gasteiger partial charge in [0.2, 0.25) is 5.91 Å². The van der Waals surface area contributed by atoms with Gasteiger partial charge < -0.3 is 19.7 Å². The monoisotopic (exact) mass is 526 g/mol. The summed E-state index contributed by atoms with van der Waals surface area (Å²) >= 11 is 5.84. The van der Waals surface area contributed by atoms with Gasteiger partial charge in [0, 0.05) is 18.7 Å². The van der Waals surface area contributed by atoms with Crippen molar-refractivity contribution < 1.29 is 41.8 Å². The van der Waals surface area contributed by atoms with E-state index in [4.69, 9.17) is 21.1 Å². The number of amides is 2. The number of carbonyl (C=O) groups is 4. The number of halogens is 4. The minimum Gasteiger partial charge on any atom is -0.462 e. The van der Waals surface area contributed by atoms with E-state index in [1.54, 1.807) is 12.1 Å². The van der Waals surface area contributed by atoms with Crippen LogP contribution < -0.4 is 10.2 Å². The molecule has 1 saturated heterocycles. The second kappa shape index (κ2) is 11.4. The van der Waals surface area contributed by atoms with E-state index in [0.717, 1.165) is 12.1 Å². The number of anilines is 2. The van der Waals surface area contributed by atoms with Gasteiger partial charge in [-0.1, -0.05) is 18.5 Å². The largest absolute Gasteiger partial charge is 0.462 e. The SMILES string of the molecule is CCCOC(=O)c1ccc(N2C[C@H](C(=O)OCC(=O)Nc3cc(C(F)(F)F)ccc3Cl)CC2=O)cc1. The van der Waals surface area contributed by atoms with Gasteiger partial charge in [-0.05, 0) is 48.9 Å². The number of esters is 2. The maximum absolute atomic E-state index is 12.9. The molecule has 1 aliphatic rings. The second-order valence-electron chi connectivity index (χ2n) is 7.94. The Morgan fingerprint density at radius 1 is 1.11 bits per heavy atom. The van der Waals surface area contributed by atoms with Crippen molar-refractivity contribution in [3.05, 3.63) is 58.6 Å². The van der Waals surface area contributed by atoms with Gasteiger partial charge in [0.05, 0.1) is 34.4 Å². The summed E-state index contributed by atoms with van der Waals surface area (Å²) < 4.78 is 48.6. The third-order valence-electron chi connectivity index (χ3n) is 5.22. The molecule has 12 heteroatoms. The van der Waals surface area contributed by atoms with Crippen LogP contribution in [0, 0.1) is 5.92 Å². The van der Waals surface area contributed by atoms with Gasteiger partial charge in [-0.15, -0.1) is 0 Å². The fourth-order valence-corrected chi connectivity index (χ4v) is 3.57. The summed E-state index contributed by atoms with van der Waals surface area (Å²) in [6.07, 6.45) is -4.10. The van der Waals surface area contributed by atoms with Crippen molar-refractivity contribution in [3.63, 3.8) is 0 Å². The quantitative estimate of drug-likeness (QED) is 0.510. The molecule has 0 spiro atoms. The van der Waals surface area contributed by atoms with Crippen LogP contribution in [0.15, 0.2) is 42.5 Å². The maximum Gasteiger partial charge on any atom is 0.416 e. The maximum atomic E-state index is 12.9. The minimum atomic E-state index is -4.63. The molecule has 192 valence electrons. The second-order valence-corrected chi connectivity index (χ2v) is 8.34. The van der Waals surface area contributed by atoms with Crippen molar-refractivity contribution in [1.82, 2.24) is 0 Å². The van der Waals surface area contributed by atoms with E-state index >= 15 is 0 Å². The first-order valence-electron chi connectivity index (χ1n) is 10.9. The Hall–Kier alpha value is -3.60. The molecule has 8 nitrogen and oxygen atoms in total. The first-order valence-corrected chi connectivity index (χ1v) is 11.3. The molecule has 1 N–H and O–H groups in total. The van der Waals surface area contributed by atoms with Crippen molar-refractivity contribution in [2.24, 2.45) is 5.92 Å². The lowest BCUT2D eigenvalue weighted by atomic mass is 10.1. The molecule has 1 heterocycles. The topological polar surface area (TPSA) is 102 Å². The molecule has 2 amide bonds. The summed E-state index contributed by atoms with van der Waals surface area (Å²) in [5.74, 6) is -3.38. The normalized spacial score (nSPS) is 15.5. The number of rotatable bonds is 8. The van der Waals surface area contributed by atoms with Crippen LogP contribution >= 0.6 is 11.6 Å². The molecule has 1 fully saturated rings. The third kappa shape index (κ3) is 6.75. The van der Waals surface area contributed by atoms with Crippen LogP contribution in [0.5, 0.6) is 0 Å². The molecule has 2 aromatic carbocycles. The van der Waals surface area contributed by atoms with E-state index in [1.807, 2.05) is 6.92 Å². The van der Waals surface area contributed by atoms with Crippen molar-refractivity contribution in [1.29, 1.82) is 0 Å². The van der Waals surface area contributed by atoms with E-state index < -0.39 is 42.1 Å². The van der Waals surface area contributed by atoms with Crippen LogP contribution in [0.4, 0.5) is 24.5 Å². The average Bonchev–Trinajstić information content (AvgIpc) is 3.23. The Labute approximate surface area is 209 Å². The van der Waals surface area contributed by atoms with Crippen LogP contribution in [0.2, 0.25) is 5.02 Å². The van der Waals surface area contributed by atoms with Crippen LogP contribution in [0.25, 0.3) is 0 Å². The molecular weight excluding hydrogens is 505 g/mol. The Morgan fingerprint density at radius 2 is 1.81 bits per heavy atom. The first-order chi connectivity index (χ1) is 17.0. The van der Waals surface area contributed by atoms with Crippen molar-refractivity contribution in [2.75, 3.05) is 30.0 Å². The van der Waals surface area contributed by atoms with Crippen LogP contribution in [-0.4, -0.2) is 43.5 Å². The number of benzene rings is 2. The highest BCUT2D eigenvalue weighted by Crippen LogP contribution is 2.34. The fourth-order valence-electron chi connectivity index (χ4n) is 3.41. The fraction of sp³-hybridized carbons (Fsp3) is 0.333. The van der Waals surface area contributed by atoms with Gasteiger partial charge in [0.1, 0.15) is 0 Å². The lowest BCUT2D eigenvalue weighted by Gasteiger charge is -2.17. The minimum absolute atomic E-state index is 0.00162. The van der Waals surface area contributed by atoms with E-state index in [1.165, 1.54) is 17.0 Å². The zero-order chi connectivity index (χ0) is 26.5. The zero-order valence-electron chi connectivity index (χ0n) is 19.1. The van der Waals surface area contributed by atoms with Crippen LogP contribution in [-0.2, 0) is 30.0 Å². The lowest BCUT2D eigenvalue weighted by Crippen LogP contribution is -2.28. The number of nitrogens with zero attached hydrogens (tertiary/aromatic N) is 1. The predicted octanol–water partition coefficient (Wildman–Crippen LogP) is 4.46. The summed E-state index contributed by atoms with van der Waals surface area (Å²) in [5, 5.41) is 2.05. The Balaban J connectivity index is 1.54. The molecular formula is C24H22ClF3N2O6. The van der Waals surface area contributed by atoms with E-state index in [9.17, 15) is 32.3 Å². The van der Waals surface area contributed by atoms with Crippen LogP contribution in [0.1, 0.15) is 35.7 Å². The van der Waals surface area contributed by atoms with Crippen molar-refractivity contribution in [2.45, 2.75) is 25.9 Å². The standard InChI is InChI=1S/C24H22ClF3N2O6/c1-2-9-35-22(33)14-3-6-17(7-4-14)30-12-15(10-21(30)32)23(34)36-13-20(31)29-19-11-16(24(26,27)28)5-8-18(19)25/h3-8,11,15H,2,9-10,12-13H2,1H3,(H,29,31)/t15-/m1/s1. The van der Waals surface area contributed by atoms with Gasteiger partial charge in [0.25, 0.3) is 5.91 Å². The molecule has 3 rings (SSSR count). The molecule has 36 heavy (non-hydrogen) atoms. The summed E-state index contributed by atoms with van der Waals surface area (Å²) in [6.45, 7) is 1.39. The van der Waals surface area contributed by atoms with Gasteiger partial charge in [-0.2, -0.15) is 13.2 Å². The van der Waals surface area contributed by atoms with Crippen LogP contribution in [0.3, 0.4) is 0 Å². The highest BCUT2D eigenvalue weighted by atomic mass is 35.5. The molecule has 1 atom stereocenters. The van der Waals surface area contributed by atoms with Gasteiger partial charge in [-0.25, -0.2) is 4.79 Å².